The Labute approximate surface area is 132 Å². The molecular weight excluding hydrogens is 256 g/mol. The molecule has 1 saturated carbocycles. The Morgan fingerprint density at radius 2 is 1.57 bits per heavy atom. The molecule has 1 heterocycles. The monoisotopic (exact) mass is 294 g/mol. The molecule has 0 aromatic rings. The molecule has 1 saturated heterocycles. The van der Waals surface area contributed by atoms with Crippen LogP contribution in [-0.2, 0) is 0 Å². The Balaban J connectivity index is 1.89. The van der Waals surface area contributed by atoms with Crippen LogP contribution in [0.4, 0.5) is 0 Å². The molecule has 2 nitrogen and oxygen atoms in total. The Kier molecular flexibility index (Phi) is 7.01. The Hall–Kier alpha value is -0.0800. The summed E-state index contributed by atoms with van der Waals surface area (Å²) >= 11 is 0. The molecule has 21 heavy (non-hydrogen) atoms. The molecule has 0 aromatic carbocycles. The summed E-state index contributed by atoms with van der Waals surface area (Å²) in [5.41, 5.74) is 0. The van der Waals surface area contributed by atoms with Gasteiger partial charge in [0.05, 0.1) is 0 Å². The zero-order valence-electron chi connectivity index (χ0n) is 14.8. The third-order valence-electron chi connectivity index (χ3n) is 6.01. The van der Waals surface area contributed by atoms with Crippen molar-refractivity contribution in [1.82, 2.24) is 10.6 Å². The fourth-order valence-electron chi connectivity index (χ4n) is 4.67. The predicted molar refractivity (Wildman–Crippen MR) is 92.6 cm³/mol. The smallest absolute Gasteiger partial charge is 0.0110 e. The van der Waals surface area contributed by atoms with E-state index in [1.54, 1.807) is 0 Å². The molecule has 124 valence electrons. The predicted octanol–water partition coefficient (Wildman–Crippen LogP) is 4.21. The van der Waals surface area contributed by atoms with E-state index in [-0.39, 0.29) is 0 Å². The van der Waals surface area contributed by atoms with Crippen molar-refractivity contribution in [3.8, 4) is 0 Å². The summed E-state index contributed by atoms with van der Waals surface area (Å²) in [6.07, 6.45) is 9.91. The van der Waals surface area contributed by atoms with Crippen LogP contribution in [0.25, 0.3) is 0 Å². The van der Waals surface area contributed by atoms with Gasteiger partial charge in [-0.15, -0.1) is 0 Å². The quantitative estimate of drug-likeness (QED) is 0.767. The van der Waals surface area contributed by atoms with Gasteiger partial charge in [0.25, 0.3) is 0 Å². The maximum absolute atomic E-state index is 3.99. The summed E-state index contributed by atoms with van der Waals surface area (Å²) in [6, 6.07) is 1.54. The van der Waals surface area contributed by atoms with E-state index in [4.69, 9.17) is 0 Å². The molecule has 0 radical (unpaired) electrons. The summed E-state index contributed by atoms with van der Waals surface area (Å²) in [7, 11) is 0. The molecule has 2 heteroatoms. The van der Waals surface area contributed by atoms with Gasteiger partial charge in [-0.3, -0.25) is 0 Å². The fourth-order valence-corrected chi connectivity index (χ4v) is 4.67. The molecule has 0 aromatic heterocycles. The molecule has 2 rings (SSSR count). The standard InChI is InChI=1S/C19H38N2/c1-14(2)17(15(3)4)13-21-19-10-6-5-9-16(19)18-11-7-8-12-20-18/h14-21H,5-13H2,1-4H3. The van der Waals surface area contributed by atoms with Gasteiger partial charge >= 0.3 is 0 Å². The lowest BCUT2D eigenvalue weighted by atomic mass is 9.76. The van der Waals surface area contributed by atoms with Crippen LogP contribution >= 0.6 is 0 Å². The van der Waals surface area contributed by atoms with E-state index in [0.717, 1.165) is 35.8 Å². The van der Waals surface area contributed by atoms with Crippen LogP contribution < -0.4 is 10.6 Å². The van der Waals surface area contributed by atoms with Crippen LogP contribution in [-0.4, -0.2) is 25.2 Å². The average molecular weight is 295 g/mol. The van der Waals surface area contributed by atoms with Crippen LogP contribution in [0.15, 0.2) is 0 Å². The van der Waals surface area contributed by atoms with Gasteiger partial charge in [0.2, 0.25) is 0 Å². The first kappa shape index (κ1) is 17.3. The van der Waals surface area contributed by atoms with Gasteiger partial charge in [-0.1, -0.05) is 47.0 Å². The Morgan fingerprint density at radius 1 is 0.905 bits per heavy atom. The van der Waals surface area contributed by atoms with E-state index >= 15 is 0 Å². The maximum atomic E-state index is 3.99. The van der Waals surface area contributed by atoms with Crippen molar-refractivity contribution >= 4 is 0 Å². The van der Waals surface area contributed by atoms with E-state index in [9.17, 15) is 0 Å². The second kappa shape index (κ2) is 8.53. The first-order valence-electron chi connectivity index (χ1n) is 9.56. The molecule has 3 atom stereocenters. The molecular formula is C19H38N2. The van der Waals surface area contributed by atoms with Crippen LogP contribution in [0.1, 0.15) is 72.6 Å². The lowest BCUT2D eigenvalue weighted by Crippen LogP contribution is -2.51. The fraction of sp³-hybridized carbons (Fsp3) is 1.00. The highest BCUT2D eigenvalue weighted by Gasteiger charge is 2.32. The van der Waals surface area contributed by atoms with E-state index in [1.165, 1.54) is 58.0 Å². The van der Waals surface area contributed by atoms with Gasteiger partial charge in [-0.05, 0) is 62.4 Å². The molecule has 1 aliphatic heterocycles. The molecule has 2 fully saturated rings. The normalized spacial score (nSPS) is 31.3. The van der Waals surface area contributed by atoms with Crippen molar-refractivity contribution in [3.63, 3.8) is 0 Å². The molecule has 1 aliphatic carbocycles. The largest absolute Gasteiger partial charge is 0.314 e. The average Bonchev–Trinajstić information content (AvgIpc) is 2.48. The highest BCUT2D eigenvalue weighted by atomic mass is 15.0. The minimum Gasteiger partial charge on any atom is -0.314 e. The van der Waals surface area contributed by atoms with Gasteiger partial charge in [0.15, 0.2) is 0 Å². The van der Waals surface area contributed by atoms with Gasteiger partial charge < -0.3 is 10.6 Å². The Morgan fingerprint density at radius 3 is 2.19 bits per heavy atom. The number of rotatable bonds is 6. The lowest BCUT2D eigenvalue weighted by molar-refractivity contribution is 0.166. The summed E-state index contributed by atoms with van der Waals surface area (Å²) in [5.74, 6) is 3.26. The third-order valence-corrected chi connectivity index (χ3v) is 6.01. The van der Waals surface area contributed by atoms with Crippen molar-refractivity contribution in [3.05, 3.63) is 0 Å². The van der Waals surface area contributed by atoms with Crippen LogP contribution in [0.5, 0.6) is 0 Å². The highest BCUT2D eigenvalue weighted by Crippen LogP contribution is 2.31. The van der Waals surface area contributed by atoms with Crippen LogP contribution in [0.2, 0.25) is 0 Å². The van der Waals surface area contributed by atoms with Crippen molar-refractivity contribution in [2.24, 2.45) is 23.7 Å². The van der Waals surface area contributed by atoms with Gasteiger partial charge in [0.1, 0.15) is 0 Å². The second-order valence-electron chi connectivity index (χ2n) is 8.17. The lowest BCUT2D eigenvalue weighted by Gasteiger charge is -2.41. The minimum absolute atomic E-state index is 0.759. The Bertz CT molecular complexity index is 273. The van der Waals surface area contributed by atoms with E-state index in [1.807, 2.05) is 0 Å². The summed E-state index contributed by atoms with van der Waals surface area (Å²) in [6.45, 7) is 12.0. The van der Waals surface area contributed by atoms with Crippen molar-refractivity contribution in [1.29, 1.82) is 0 Å². The first-order chi connectivity index (χ1) is 10.1. The van der Waals surface area contributed by atoms with Gasteiger partial charge in [-0.25, -0.2) is 0 Å². The van der Waals surface area contributed by atoms with Crippen molar-refractivity contribution in [2.45, 2.75) is 84.7 Å². The van der Waals surface area contributed by atoms with E-state index in [0.29, 0.717) is 0 Å². The van der Waals surface area contributed by atoms with Crippen LogP contribution in [0, 0.1) is 23.7 Å². The number of nitrogens with one attached hydrogen (secondary N) is 2. The van der Waals surface area contributed by atoms with E-state index in [2.05, 4.69) is 38.3 Å². The molecule has 0 amide bonds. The third kappa shape index (κ3) is 4.96. The van der Waals surface area contributed by atoms with Crippen molar-refractivity contribution in [2.75, 3.05) is 13.1 Å². The second-order valence-corrected chi connectivity index (χ2v) is 8.17. The number of hydrogen-bond donors (Lipinski definition) is 2. The summed E-state index contributed by atoms with van der Waals surface area (Å²) in [5, 5.41) is 7.80. The minimum atomic E-state index is 0.759. The number of hydrogen-bond acceptors (Lipinski definition) is 2. The van der Waals surface area contributed by atoms with Gasteiger partial charge in [-0.2, -0.15) is 0 Å². The SMILES string of the molecule is CC(C)C(CNC1CCCCC1C1CCCCN1)C(C)C. The van der Waals surface area contributed by atoms with Crippen molar-refractivity contribution < 1.29 is 0 Å². The molecule has 2 aliphatic rings. The molecule has 3 unspecified atom stereocenters. The summed E-state index contributed by atoms with van der Waals surface area (Å²) < 4.78 is 0. The number of piperidine rings is 1. The molecule has 2 N–H and O–H groups in total. The first-order valence-corrected chi connectivity index (χ1v) is 9.56. The highest BCUT2D eigenvalue weighted by molar-refractivity contribution is 4.91. The topological polar surface area (TPSA) is 24.1 Å². The molecule has 0 bridgehead atoms. The summed E-state index contributed by atoms with van der Waals surface area (Å²) in [4.78, 5) is 0. The van der Waals surface area contributed by atoms with E-state index < -0.39 is 0 Å². The van der Waals surface area contributed by atoms with Gasteiger partial charge in [0, 0.05) is 12.1 Å². The zero-order chi connectivity index (χ0) is 15.2. The zero-order valence-corrected chi connectivity index (χ0v) is 14.8. The maximum Gasteiger partial charge on any atom is 0.0110 e. The molecule has 0 spiro atoms. The van der Waals surface area contributed by atoms with Crippen LogP contribution in [0.3, 0.4) is 0 Å².